The van der Waals surface area contributed by atoms with Gasteiger partial charge in [-0.1, -0.05) is 0 Å². The Hall–Kier alpha value is -2.14. The van der Waals surface area contributed by atoms with Gasteiger partial charge in [0.2, 0.25) is 0 Å². The van der Waals surface area contributed by atoms with Crippen molar-refractivity contribution in [2.24, 2.45) is 0 Å². The van der Waals surface area contributed by atoms with Crippen molar-refractivity contribution in [1.82, 2.24) is 9.88 Å². The van der Waals surface area contributed by atoms with Crippen molar-refractivity contribution in [3.63, 3.8) is 0 Å². The van der Waals surface area contributed by atoms with Gasteiger partial charge in [-0.3, -0.25) is 9.69 Å². The van der Waals surface area contributed by atoms with E-state index in [-0.39, 0.29) is 11.8 Å². The summed E-state index contributed by atoms with van der Waals surface area (Å²) in [5.74, 6) is -0.244. The Morgan fingerprint density at radius 2 is 2.00 bits per heavy atom. The first kappa shape index (κ1) is 14.8. The molecule has 1 saturated heterocycles. The van der Waals surface area contributed by atoms with E-state index in [0.29, 0.717) is 24.4 Å². The predicted octanol–water partition coefficient (Wildman–Crippen LogP) is 2.62. The fourth-order valence-electron chi connectivity index (χ4n) is 2.86. The van der Waals surface area contributed by atoms with Gasteiger partial charge in [-0.2, -0.15) is 0 Å². The number of aromatic amines is 1. The van der Waals surface area contributed by atoms with Crippen LogP contribution in [0.2, 0.25) is 0 Å². The summed E-state index contributed by atoms with van der Waals surface area (Å²) >= 11 is 0. The minimum absolute atomic E-state index is 0.127. The molecule has 5 heteroatoms. The zero-order valence-corrected chi connectivity index (χ0v) is 12.7. The number of ether oxygens (including phenoxy) is 1. The molecule has 0 spiro atoms. The van der Waals surface area contributed by atoms with Gasteiger partial charge >= 0.3 is 5.97 Å². The quantitative estimate of drug-likeness (QED) is 0.681. The molecular weight excluding hydrogens is 280 g/mol. The van der Waals surface area contributed by atoms with Gasteiger partial charge in [0.25, 0.3) is 0 Å². The normalized spacial score (nSPS) is 15.3. The highest BCUT2D eigenvalue weighted by Gasteiger charge is 2.17. The maximum atomic E-state index is 12.3. The standard InChI is InChI=1S/C17H20N2O3/c1-2-22-17(21)15-10-13-9-12(5-6-14(13)18-15)16(20)11-19-7-3-4-8-19/h5-6,9-10,18H,2-4,7-8,11H2,1H3. The highest BCUT2D eigenvalue weighted by Crippen LogP contribution is 2.19. The molecule has 0 atom stereocenters. The van der Waals surface area contributed by atoms with Crippen LogP contribution in [0.1, 0.15) is 40.6 Å². The van der Waals surface area contributed by atoms with Gasteiger partial charge in [0.15, 0.2) is 5.78 Å². The van der Waals surface area contributed by atoms with Crippen LogP contribution in [0.25, 0.3) is 10.9 Å². The van der Waals surface area contributed by atoms with E-state index < -0.39 is 0 Å². The molecule has 0 radical (unpaired) electrons. The minimum Gasteiger partial charge on any atom is -0.461 e. The summed E-state index contributed by atoms with van der Waals surface area (Å²) in [5, 5.41) is 0.857. The van der Waals surface area contributed by atoms with Crippen molar-refractivity contribution in [3.05, 3.63) is 35.5 Å². The summed E-state index contributed by atoms with van der Waals surface area (Å²) in [6.07, 6.45) is 2.35. The number of hydrogen-bond donors (Lipinski definition) is 1. The van der Waals surface area contributed by atoms with E-state index in [1.807, 2.05) is 18.2 Å². The molecule has 1 fully saturated rings. The number of carbonyl (C=O) groups excluding carboxylic acids is 2. The topological polar surface area (TPSA) is 62.4 Å². The summed E-state index contributed by atoms with van der Waals surface area (Å²) in [4.78, 5) is 29.3. The molecule has 0 amide bonds. The first-order valence-electron chi connectivity index (χ1n) is 7.73. The second kappa shape index (κ2) is 6.32. The number of ketones is 1. The Kier molecular flexibility index (Phi) is 4.24. The number of rotatable bonds is 5. The van der Waals surface area contributed by atoms with Gasteiger partial charge in [-0.15, -0.1) is 0 Å². The second-order valence-electron chi connectivity index (χ2n) is 5.61. The third-order valence-corrected chi connectivity index (χ3v) is 4.00. The molecule has 0 saturated carbocycles. The number of aromatic nitrogens is 1. The number of esters is 1. The van der Waals surface area contributed by atoms with Crippen LogP contribution < -0.4 is 0 Å². The lowest BCUT2D eigenvalue weighted by Gasteiger charge is -2.13. The van der Waals surface area contributed by atoms with Crippen LogP contribution in [0.3, 0.4) is 0 Å². The number of nitrogens with one attached hydrogen (secondary N) is 1. The Morgan fingerprint density at radius 1 is 1.23 bits per heavy atom. The molecule has 1 N–H and O–H groups in total. The van der Waals surface area contributed by atoms with Gasteiger partial charge in [-0.05, 0) is 57.1 Å². The van der Waals surface area contributed by atoms with Crippen LogP contribution in [0.15, 0.2) is 24.3 Å². The van der Waals surface area contributed by atoms with Crippen molar-refractivity contribution in [1.29, 1.82) is 0 Å². The molecule has 22 heavy (non-hydrogen) atoms. The number of H-pyrrole nitrogens is 1. The molecule has 1 aromatic carbocycles. The average Bonchev–Trinajstić information content (AvgIpc) is 3.15. The molecule has 1 aromatic heterocycles. The first-order valence-corrected chi connectivity index (χ1v) is 7.73. The summed E-state index contributed by atoms with van der Waals surface area (Å²) in [7, 11) is 0. The average molecular weight is 300 g/mol. The summed E-state index contributed by atoms with van der Waals surface area (Å²) in [5.41, 5.74) is 1.94. The fourth-order valence-corrected chi connectivity index (χ4v) is 2.86. The van der Waals surface area contributed by atoms with E-state index in [2.05, 4.69) is 9.88 Å². The van der Waals surface area contributed by atoms with Gasteiger partial charge in [0, 0.05) is 16.5 Å². The molecule has 1 aliphatic rings. The summed E-state index contributed by atoms with van der Waals surface area (Å²) in [6.45, 7) is 4.60. The van der Waals surface area contributed by atoms with E-state index >= 15 is 0 Å². The molecule has 0 bridgehead atoms. The van der Waals surface area contributed by atoms with Crippen LogP contribution in [-0.4, -0.2) is 47.9 Å². The Bertz CT molecular complexity index is 699. The minimum atomic E-state index is -0.372. The monoisotopic (exact) mass is 300 g/mol. The Balaban J connectivity index is 1.79. The molecule has 116 valence electrons. The first-order chi connectivity index (χ1) is 10.7. The summed E-state index contributed by atoms with van der Waals surface area (Å²) < 4.78 is 4.98. The van der Waals surface area contributed by atoms with Crippen LogP contribution in [0.4, 0.5) is 0 Å². The highest BCUT2D eigenvalue weighted by molar-refractivity contribution is 6.02. The highest BCUT2D eigenvalue weighted by atomic mass is 16.5. The third-order valence-electron chi connectivity index (χ3n) is 4.00. The maximum Gasteiger partial charge on any atom is 0.354 e. The van der Waals surface area contributed by atoms with Gasteiger partial charge in [0.1, 0.15) is 5.69 Å². The smallest absolute Gasteiger partial charge is 0.354 e. The van der Waals surface area contributed by atoms with Crippen molar-refractivity contribution in [2.45, 2.75) is 19.8 Å². The maximum absolute atomic E-state index is 12.3. The lowest BCUT2D eigenvalue weighted by molar-refractivity contribution is 0.0520. The van der Waals surface area contributed by atoms with E-state index in [1.54, 1.807) is 13.0 Å². The predicted molar refractivity (Wildman–Crippen MR) is 84.3 cm³/mol. The summed E-state index contributed by atoms with van der Waals surface area (Å²) in [6, 6.07) is 7.23. The molecule has 1 aliphatic heterocycles. The lowest BCUT2D eigenvalue weighted by atomic mass is 10.1. The zero-order chi connectivity index (χ0) is 15.5. The molecule has 0 aliphatic carbocycles. The molecule has 3 rings (SSSR count). The van der Waals surface area contributed by atoms with Gasteiger partial charge in [-0.25, -0.2) is 4.79 Å². The van der Waals surface area contributed by atoms with Gasteiger partial charge < -0.3 is 9.72 Å². The molecule has 5 nitrogen and oxygen atoms in total. The SMILES string of the molecule is CCOC(=O)c1cc2cc(C(=O)CN3CCCC3)ccc2[nH]1. The van der Waals surface area contributed by atoms with Crippen LogP contribution in [-0.2, 0) is 4.74 Å². The molecule has 2 aromatic rings. The van der Waals surface area contributed by atoms with Gasteiger partial charge in [0.05, 0.1) is 13.2 Å². The molecule has 2 heterocycles. The Labute approximate surface area is 129 Å². The number of likely N-dealkylation sites (tertiary alicyclic amines) is 1. The molecular formula is C17H20N2O3. The largest absolute Gasteiger partial charge is 0.461 e. The van der Waals surface area contributed by atoms with E-state index in [4.69, 9.17) is 4.74 Å². The fraction of sp³-hybridized carbons (Fsp3) is 0.412. The van der Waals surface area contributed by atoms with E-state index in [0.717, 1.165) is 24.0 Å². The lowest BCUT2D eigenvalue weighted by Crippen LogP contribution is -2.26. The molecule has 0 unspecified atom stereocenters. The van der Waals surface area contributed by atoms with Crippen molar-refractivity contribution >= 4 is 22.7 Å². The van der Waals surface area contributed by atoms with Crippen molar-refractivity contribution < 1.29 is 14.3 Å². The number of fused-ring (bicyclic) bond motifs is 1. The van der Waals surface area contributed by atoms with Crippen LogP contribution in [0.5, 0.6) is 0 Å². The second-order valence-corrected chi connectivity index (χ2v) is 5.61. The number of benzene rings is 1. The van der Waals surface area contributed by atoms with Crippen LogP contribution in [0, 0.1) is 0 Å². The van der Waals surface area contributed by atoms with Crippen molar-refractivity contribution in [3.8, 4) is 0 Å². The number of nitrogens with zero attached hydrogens (tertiary/aromatic N) is 1. The number of hydrogen-bond acceptors (Lipinski definition) is 4. The van der Waals surface area contributed by atoms with Crippen molar-refractivity contribution in [2.75, 3.05) is 26.2 Å². The number of Topliss-reactive ketones (excluding diaryl/α,β-unsaturated/α-hetero) is 1. The number of carbonyl (C=O) groups is 2. The van der Waals surface area contributed by atoms with Crippen LogP contribution >= 0.6 is 0 Å². The van der Waals surface area contributed by atoms with E-state index in [1.165, 1.54) is 12.8 Å². The third kappa shape index (κ3) is 3.04. The van der Waals surface area contributed by atoms with E-state index in [9.17, 15) is 9.59 Å². The zero-order valence-electron chi connectivity index (χ0n) is 12.7. The Morgan fingerprint density at radius 3 is 2.73 bits per heavy atom.